The molecule has 1 heterocycles. The molecule has 3 aromatic carbocycles. The predicted octanol–water partition coefficient (Wildman–Crippen LogP) is 6.73. The summed E-state index contributed by atoms with van der Waals surface area (Å²) >= 11 is 12.1. The van der Waals surface area contributed by atoms with Crippen LogP contribution in [0.4, 0.5) is 16.3 Å². The van der Waals surface area contributed by atoms with Crippen LogP contribution in [0.3, 0.4) is 0 Å². The van der Waals surface area contributed by atoms with Gasteiger partial charge in [0.1, 0.15) is 12.4 Å². The summed E-state index contributed by atoms with van der Waals surface area (Å²) in [4.78, 5) is 27.4. The van der Waals surface area contributed by atoms with E-state index < -0.39 is 0 Å². The molecule has 0 unspecified atom stereocenters. The lowest BCUT2D eigenvalue weighted by atomic mass is 10.1. The first kappa shape index (κ1) is 25.3. The molecule has 36 heavy (non-hydrogen) atoms. The fourth-order valence-electron chi connectivity index (χ4n) is 3.65. The first-order valence-corrected chi connectivity index (χ1v) is 12.2. The molecule has 0 spiro atoms. The maximum Gasteiger partial charge on any atom is 0.322 e. The van der Waals surface area contributed by atoms with Crippen LogP contribution in [-0.4, -0.2) is 39.7 Å². The van der Waals surface area contributed by atoms with Gasteiger partial charge in [-0.15, -0.1) is 0 Å². The topological polar surface area (TPSA) is 79.3 Å². The van der Waals surface area contributed by atoms with Crippen LogP contribution in [0.1, 0.15) is 13.3 Å². The quantitative estimate of drug-likeness (QED) is 0.269. The standard InChI is InChI=1S/C27H25Cl2N5O2/c1-2-15-33(27(36)30-22-10-6-9-21(29)16-22)18-26(35)31-25-17-24(19-7-4-3-5-8-19)32-34(25)23-13-11-20(28)12-14-23/h3-14,16-17H,2,15,18H2,1H3,(H,30,36)(H,31,35). The highest BCUT2D eigenvalue weighted by Crippen LogP contribution is 2.25. The number of anilines is 2. The number of urea groups is 1. The Kier molecular flexibility index (Phi) is 8.25. The molecule has 0 radical (unpaired) electrons. The van der Waals surface area contributed by atoms with Gasteiger partial charge in [-0.2, -0.15) is 5.10 Å². The van der Waals surface area contributed by atoms with E-state index in [0.29, 0.717) is 40.2 Å². The Morgan fingerprint density at radius 2 is 1.64 bits per heavy atom. The van der Waals surface area contributed by atoms with Gasteiger partial charge in [0.2, 0.25) is 5.91 Å². The van der Waals surface area contributed by atoms with Crippen molar-refractivity contribution in [2.24, 2.45) is 0 Å². The zero-order valence-electron chi connectivity index (χ0n) is 19.6. The first-order chi connectivity index (χ1) is 17.4. The number of benzene rings is 3. The molecule has 9 heteroatoms. The summed E-state index contributed by atoms with van der Waals surface area (Å²) in [6.07, 6.45) is 0.692. The highest BCUT2D eigenvalue weighted by atomic mass is 35.5. The molecule has 0 bridgehead atoms. The average Bonchev–Trinajstić information content (AvgIpc) is 3.28. The van der Waals surface area contributed by atoms with Crippen LogP contribution in [0.2, 0.25) is 10.0 Å². The molecule has 0 atom stereocenters. The molecule has 184 valence electrons. The van der Waals surface area contributed by atoms with Crippen LogP contribution in [0.5, 0.6) is 0 Å². The molecule has 0 aliphatic carbocycles. The summed E-state index contributed by atoms with van der Waals surface area (Å²) in [5, 5.41) is 11.5. The molecular formula is C27H25Cl2N5O2. The van der Waals surface area contributed by atoms with Gasteiger partial charge in [0.25, 0.3) is 0 Å². The highest BCUT2D eigenvalue weighted by Gasteiger charge is 2.19. The third kappa shape index (κ3) is 6.44. The first-order valence-electron chi connectivity index (χ1n) is 11.5. The highest BCUT2D eigenvalue weighted by molar-refractivity contribution is 6.31. The zero-order chi connectivity index (χ0) is 25.5. The maximum atomic E-state index is 13.1. The number of halogens is 2. The normalized spacial score (nSPS) is 10.6. The number of aromatic nitrogens is 2. The van der Waals surface area contributed by atoms with Crippen LogP contribution in [-0.2, 0) is 4.79 Å². The number of rotatable bonds is 8. The summed E-state index contributed by atoms with van der Waals surface area (Å²) < 4.78 is 1.65. The number of carbonyl (C=O) groups excluding carboxylic acids is 2. The second-order valence-electron chi connectivity index (χ2n) is 8.08. The number of nitrogens with zero attached hydrogens (tertiary/aromatic N) is 3. The van der Waals surface area contributed by atoms with Crippen molar-refractivity contribution in [1.82, 2.24) is 14.7 Å². The maximum absolute atomic E-state index is 13.1. The van der Waals surface area contributed by atoms with E-state index in [4.69, 9.17) is 28.3 Å². The molecule has 1 aromatic heterocycles. The SMILES string of the molecule is CCCN(CC(=O)Nc1cc(-c2ccccc2)nn1-c1ccc(Cl)cc1)C(=O)Nc1cccc(Cl)c1. The van der Waals surface area contributed by atoms with E-state index in [1.807, 2.05) is 49.4 Å². The van der Waals surface area contributed by atoms with Crippen molar-refractivity contribution in [2.75, 3.05) is 23.7 Å². The largest absolute Gasteiger partial charge is 0.322 e. The molecule has 0 saturated carbocycles. The lowest BCUT2D eigenvalue weighted by Gasteiger charge is -2.22. The summed E-state index contributed by atoms with van der Waals surface area (Å²) in [6, 6.07) is 25.1. The average molecular weight is 522 g/mol. The van der Waals surface area contributed by atoms with Crippen molar-refractivity contribution in [3.05, 3.63) is 95.0 Å². The minimum Gasteiger partial charge on any atom is -0.315 e. The molecule has 7 nitrogen and oxygen atoms in total. The minimum atomic E-state index is -0.384. The minimum absolute atomic E-state index is 0.132. The van der Waals surface area contributed by atoms with E-state index in [-0.39, 0.29) is 18.5 Å². The predicted molar refractivity (Wildman–Crippen MR) is 145 cm³/mol. The summed E-state index contributed by atoms with van der Waals surface area (Å²) in [5.41, 5.74) is 2.91. The second-order valence-corrected chi connectivity index (χ2v) is 8.95. The fraction of sp³-hybridized carbons (Fsp3) is 0.148. The molecule has 2 N–H and O–H groups in total. The monoisotopic (exact) mass is 521 g/mol. The number of hydrogen-bond donors (Lipinski definition) is 2. The Morgan fingerprint density at radius 1 is 0.889 bits per heavy atom. The van der Waals surface area contributed by atoms with E-state index in [1.165, 1.54) is 4.90 Å². The third-order valence-corrected chi connectivity index (χ3v) is 5.80. The van der Waals surface area contributed by atoms with E-state index in [0.717, 1.165) is 11.3 Å². The summed E-state index contributed by atoms with van der Waals surface area (Å²) in [7, 11) is 0. The van der Waals surface area contributed by atoms with Crippen molar-refractivity contribution in [1.29, 1.82) is 0 Å². The lowest BCUT2D eigenvalue weighted by molar-refractivity contribution is -0.116. The van der Waals surface area contributed by atoms with Crippen LogP contribution in [0, 0.1) is 0 Å². The smallest absolute Gasteiger partial charge is 0.315 e. The Balaban J connectivity index is 1.55. The Labute approximate surface area is 219 Å². The van der Waals surface area contributed by atoms with Crippen LogP contribution in [0.25, 0.3) is 16.9 Å². The van der Waals surface area contributed by atoms with Crippen molar-refractivity contribution in [2.45, 2.75) is 13.3 Å². The number of amides is 3. The van der Waals surface area contributed by atoms with Crippen LogP contribution < -0.4 is 10.6 Å². The fourth-order valence-corrected chi connectivity index (χ4v) is 3.96. The molecule has 0 aliphatic heterocycles. The summed E-state index contributed by atoms with van der Waals surface area (Å²) in [5.74, 6) is 0.132. The van der Waals surface area contributed by atoms with E-state index in [2.05, 4.69) is 10.6 Å². The van der Waals surface area contributed by atoms with Crippen LogP contribution >= 0.6 is 23.2 Å². The molecule has 0 fully saturated rings. The Morgan fingerprint density at radius 3 is 2.33 bits per heavy atom. The number of hydrogen-bond acceptors (Lipinski definition) is 3. The number of nitrogens with one attached hydrogen (secondary N) is 2. The zero-order valence-corrected chi connectivity index (χ0v) is 21.1. The van der Waals surface area contributed by atoms with Crippen molar-refractivity contribution >= 4 is 46.6 Å². The lowest BCUT2D eigenvalue weighted by Crippen LogP contribution is -2.41. The van der Waals surface area contributed by atoms with E-state index in [9.17, 15) is 9.59 Å². The molecule has 0 aliphatic rings. The van der Waals surface area contributed by atoms with Gasteiger partial charge in [-0.3, -0.25) is 4.79 Å². The van der Waals surface area contributed by atoms with Gasteiger partial charge in [-0.1, -0.05) is 66.5 Å². The van der Waals surface area contributed by atoms with Gasteiger partial charge < -0.3 is 15.5 Å². The van der Waals surface area contributed by atoms with Crippen LogP contribution in [0.15, 0.2) is 84.9 Å². The molecular weight excluding hydrogens is 497 g/mol. The molecule has 0 saturated heterocycles. The molecule has 3 amide bonds. The Bertz CT molecular complexity index is 1340. The van der Waals surface area contributed by atoms with Gasteiger partial charge in [-0.05, 0) is 48.9 Å². The number of carbonyl (C=O) groups is 2. The van der Waals surface area contributed by atoms with Gasteiger partial charge in [0, 0.05) is 33.9 Å². The van der Waals surface area contributed by atoms with Crippen molar-refractivity contribution in [3.63, 3.8) is 0 Å². The van der Waals surface area contributed by atoms with Crippen molar-refractivity contribution < 1.29 is 9.59 Å². The second kappa shape index (κ2) is 11.7. The van der Waals surface area contributed by atoms with Crippen molar-refractivity contribution in [3.8, 4) is 16.9 Å². The van der Waals surface area contributed by atoms with Gasteiger partial charge in [0.05, 0.1) is 11.4 Å². The van der Waals surface area contributed by atoms with E-state index >= 15 is 0 Å². The summed E-state index contributed by atoms with van der Waals surface area (Å²) in [6.45, 7) is 2.22. The third-order valence-electron chi connectivity index (χ3n) is 5.31. The van der Waals surface area contributed by atoms with Gasteiger partial charge >= 0.3 is 6.03 Å². The van der Waals surface area contributed by atoms with E-state index in [1.54, 1.807) is 47.1 Å². The Hall–Kier alpha value is -3.81. The van der Waals surface area contributed by atoms with Gasteiger partial charge in [0.15, 0.2) is 0 Å². The molecule has 4 rings (SSSR count). The molecule has 4 aromatic rings. The van der Waals surface area contributed by atoms with Gasteiger partial charge in [-0.25, -0.2) is 9.48 Å².